The number of hydrogen-bond donors (Lipinski definition) is 1. The SMILES string of the molecule is C[C@H]1CCN1c1nc2c(c(-c3ccc(C4(O)CS(=O)(=O)C4)cc3)n1)CCC2. The second-order valence-electron chi connectivity index (χ2n) is 8.12. The van der Waals surface area contributed by atoms with E-state index in [-0.39, 0.29) is 11.5 Å². The van der Waals surface area contributed by atoms with E-state index in [1.165, 1.54) is 12.0 Å². The molecule has 0 bridgehead atoms. The number of hydrogen-bond acceptors (Lipinski definition) is 6. The lowest BCUT2D eigenvalue weighted by Gasteiger charge is -2.39. The Bertz CT molecular complexity index is 1010. The molecule has 142 valence electrons. The van der Waals surface area contributed by atoms with Crippen LogP contribution < -0.4 is 4.90 Å². The summed E-state index contributed by atoms with van der Waals surface area (Å²) in [6, 6.07) is 8.04. The summed E-state index contributed by atoms with van der Waals surface area (Å²) in [5.74, 6) is 0.426. The van der Waals surface area contributed by atoms with Crippen molar-refractivity contribution in [3.63, 3.8) is 0 Å². The van der Waals surface area contributed by atoms with E-state index in [0.717, 1.165) is 48.7 Å². The van der Waals surface area contributed by atoms with Crippen LogP contribution in [0.2, 0.25) is 0 Å². The van der Waals surface area contributed by atoms with Crippen LogP contribution in [-0.4, -0.2) is 47.6 Å². The van der Waals surface area contributed by atoms with Crippen LogP contribution in [0.5, 0.6) is 0 Å². The zero-order chi connectivity index (χ0) is 18.8. The van der Waals surface area contributed by atoms with E-state index in [9.17, 15) is 13.5 Å². The Kier molecular flexibility index (Phi) is 3.65. The Balaban J connectivity index is 1.51. The van der Waals surface area contributed by atoms with Gasteiger partial charge in [0, 0.05) is 29.4 Å². The number of sulfone groups is 1. The van der Waals surface area contributed by atoms with Gasteiger partial charge in [0.15, 0.2) is 9.84 Å². The topological polar surface area (TPSA) is 83.4 Å². The number of anilines is 1. The summed E-state index contributed by atoms with van der Waals surface area (Å²) < 4.78 is 22.9. The van der Waals surface area contributed by atoms with Gasteiger partial charge in [-0.1, -0.05) is 24.3 Å². The molecule has 0 amide bonds. The molecule has 0 spiro atoms. The highest BCUT2D eigenvalue weighted by molar-refractivity contribution is 7.92. The molecule has 7 heteroatoms. The summed E-state index contributed by atoms with van der Waals surface area (Å²) in [4.78, 5) is 12.0. The van der Waals surface area contributed by atoms with Gasteiger partial charge in [0.05, 0.1) is 17.2 Å². The van der Waals surface area contributed by atoms with Crippen molar-refractivity contribution < 1.29 is 13.5 Å². The zero-order valence-electron chi connectivity index (χ0n) is 15.4. The fraction of sp³-hybridized carbons (Fsp3) is 0.500. The van der Waals surface area contributed by atoms with Crippen molar-refractivity contribution in [1.29, 1.82) is 0 Å². The molecule has 2 fully saturated rings. The van der Waals surface area contributed by atoms with Crippen molar-refractivity contribution in [2.24, 2.45) is 0 Å². The third kappa shape index (κ3) is 2.75. The number of nitrogens with zero attached hydrogens (tertiary/aromatic N) is 3. The van der Waals surface area contributed by atoms with Crippen LogP contribution in [0.25, 0.3) is 11.3 Å². The third-order valence-corrected chi connectivity index (χ3v) is 7.95. The molecule has 1 aliphatic carbocycles. The van der Waals surface area contributed by atoms with Crippen molar-refractivity contribution in [1.82, 2.24) is 9.97 Å². The molecule has 0 saturated carbocycles. The van der Waals surface area contributed by atoms with Gasteiger partial charge < -0.3 is 10.0 Å². The van der Waals surface area contributed by atoms with Crippen LogP contribution in [-0.2, 0) is 28.3 Å². The van der Waals surface area contributed by atoms with Crippen LogP contribution in [0.3, 0.4) is 0 Å². The fourth-order valence-electron chi connectivity index (χ4n) is 4.39. The number of aromatic nitrogens is 2. The minimum absolute atomic E-state index is 0.195. The highest BCUT2D eigenvalue weighted by Crippen LogP contribution is 2.37. The average molecular weight is 385 g/mol. The van der Waals surface area contributed by atoms with Gasteiger partial charge in [-0.3, -0.25) is 0 Å². The second kappa shape index (κ2) is 5.75. The molecule has 2 aromatic rings. The van der Waals surface area contributed by atoms with Gasteiger partial charge >= 0.3 is 0 Å². The van der Waals surface area contributed by atoms with Gasteiger partial charge in [-0.2, -0.15) is 0 Å². The van der Waals surface area contributed by atoms with Crippen LogP contribution in [0, 0.1) is 0 Å². The molecule has 6 nitrogen and oxygen atoms in total. The first-order chi connectivity index (χ1) is 12.8. The molecule has 3 aliphatic rings. The Morgan fingerprint density at radius 1 is 1.15 bits per heavy atom. The molecule has 0 unspecified atom stereocenters. The van der Waals surface area contributed by atoms with Crippen molar-refractivity contribution in [3.05, 3.63) is 41.1 Å². The monoisotopic (exact) mass is 385 g/mol. The Morgan fingerprint density at radius 2 is 1.89 bits per heavy atom. The summed E-state index contributed by atoms with van der Waals surface area (Å²) in [7, 11) is -3.10. The van der Waals surface area contributed by atoms with E-state index in [1.54, 1.807) is 0 Å². The number of aliphatic hydroxyl groups is 1. The lowest BCUT2D eigenvalue weighted by Crippen LogP contribution is -2.52. The molecule has 2 aliphatic heterocycles. The number of benzene rings is 1. The van der Waals surface area contributed by atoms with Crippen molar-refractivity contribution in [2.75, 3.05) is 23.0 Å². The van der Waals surface area contributed by atoms with Crippen LogP contribution in [0.1, 0.15) is 36.6 Å². The first-order valence-corrected chi connectivity index (χ1v) is 11.4. The highest BCUT2D eigenvalue weighted by atomic mass is 32.2. The lowest BCUT2D eigenvalue weighted by molar-refractivity contribution is 0.0691. The molecular weight excluding hydrogens is 362 g/mol. The standard InChI is InChI=1S/C20H23N3O3S/c1-13-9-10-23(13)19-21-17-4-2-3-16(17)18(22-19)14-5-7-15(8-6-14)20(24)11-27(25,26)12-20/h5-8,13,24H,2-4,9-12H2,1H3/t13-/m0/s1. The van der Waals surface area contributed by atoms with E-state index in [0.29, 0.717) is 11.6 Å². The predicted molar refractivity (Wildman–Crippen MR) is 103 cm³/mol. The van der Waals surface area contributed by atoms with Gasteiger partial charge in [0.1, 0.15) is 5.60 Å². The molecule has 2 saturated heterocycles. The largest absolute Gasteiger partial charge is 0.383 e. The minimum atomic E-state index is -3.10. The summed E-state index contributed by atoms with van der Waals surface area (Å²) >= 11 is 0. The second-order valence-corrected chi connectivity index (χ2v) is 10.2. The maximum absolute atomic E-state index is 11.5. The number of fused-ring (bicyclic) bond motifs is 1. The van der Waals surface area contributed by atoms with Crippen LogP contribution in [0.15, 0.2) is 24.3 Å². The fourth-order valence-corrected chi connectivity index (χ4v) is 6.09. The first kappa shape index (κ1) is 17.1. The maximum Gasteiger partial charge on any atom is 0.226 e. The van der Waals surface area contributed by atoms with Gasteiger partial charge in [0.25, 0.3) is 0 Å². The molecule has 1 aromatic heterocycles. The van der Waals surface area contributed by atoms with Gasteiger partial charge in [-0.25, -0.2) is 18.4 Å². The molecule has 5 rings (SSSR count). The predicted octanol–water partition coefficient (Wildman–Crippen LogP) is 1.85. The molecule has 27 heavy (non-hydrogen) atoms. The van der Waals surface area contributed by atoms with Crippen molar-refractivity contribution in [2.45, 2.75) is 44.2 Å². The Labute approximate surface area is 159 Å². The molecule has 1 N–H and O–H groups in total. The van der Waals surface area contributed by atoms with Gasteiger partial charge in [0.2, 0.25) is 5.95 Å². The van der Waals surface area contributed by atoms with Gasteiger partial charge in [-0.15, -0.1) is 0 Å². The smallest absolute Gasteiger partial charge is 0.226 e. The van der Waals surface area contributed by atoms with E-state index in [1.807, 2.05) is 24.3 Å². The van der Waals surface area contributed by atoms with Crippen LogP contribution in [0.4, 0.5) is 5.95 Å². The molecule has 3 heterocycles. The van der Waals surface area contributed by atoms with E-state index < -0.39 is 15.4 Å². The van der Waals surface area contributed by atoms with E-state index >= 15 is 0 Å². The number of aryl methyl sites for hydroxylation is 1. The summed E-state index contributed by atoms with van der Waals surface area (Å²) in [6.45, 7) is 3.20. The minimum Gasteiger partial charge on any atom is -0.383 e. The first-order valence-electron chi connectivity index (χ1n) is 9.55. The van der Waals surface area contributed by atoms with Gasteiger partial charge in [-0.05, 0) is 38.2 Å². The quantitative estimate of drug-likeness (QED) is 0.868. The summed E-state index contributed by atoms with van der Waals surface area (Å²) in [5, 5.41) is 10.5. The maximum atomic E-state index is 11.5. The normalized spacial score (nSPS) is 24.8. The summed E-state index contributed by atoms with van der Waals surface area (Å²) in [5.41, 5.74) is 3.77. The van der Waals surface area contributed by atoms with E-state index in [4.69, 9.17) is 9.97 Å². The third-order valence-electron chi connectivity index (χ3n) is 6.11. The van der Waals surface area contributed by atoms with Crippen LogP contribution >= 0.6 is 0 Å². The summed E-state index contributed by atoms with van der Waals surface area (Å²) in [6.07, 6.45) is 4.26. The Morgan fingerprint density at radius 3 is 2.48 bits per heavy atom. The van der Waals surface area contributed by atoms with Crippen molar-refractivity contribution >= 4 is 15.8 Å². The lowest BCUT2D eigenvalue weighted by atomic mass is 9.94. The highest BCUT2D eigenvalue weighted by Gasteiger charge is 2.48. The molecule has 0 radical (unpaired) electrons. The Hall–Kier alpha value is -1.99. The zero-order valence-corrected chi connectivity index (χ0v) is 16.2. The van der Waals surface area contributed by atoms with Crippen molar-refractivity contribution in [3.8, 4) is 11.3 Å². The average Bonchev–Trinajstić information content (AvgIpc) is 3.06. The molecule has 1 aromatic carbocycles. The number of rotatable bonds is 3. The van der Waals surface area contributed by atoms with E-state index in [2.05, 4.69) is 11.8 Å². The molecule has 1 atom stereocenters. The molecular formula is C20H23N3O3S.